The molecular weight excluding hydrogens is 554 g/mol. The average Bonchev–Trinajstić information content (AvgIpc) is 2.76. The molecule has 8 nitrogen and oxygen atoms in total. The minimum atomic E-state index is -3.82. The Balaban J connectivity index is 1.72. The molecule has 3 aromatic carbocycles. The van der Waals surface area contributed by atoms with Crippen LogP contribution in [0.4, 0.5) is 17.1 Å². The number of benzene rings is 3. The molecule has 2 N–H and O–H groups in total. The van der Waals surface area contributed by atoms with E-state index in [0.29, 0.717) is 17.1 Å². The highest BCUT2D eigenvalue weighted by atomic mass is 79.9. The Bertz CT molecular complexity index is 1470. The molecular formula is C24H26BrN3O5S2. The standard InChI is InChI=1S/C24H26BrN3O5S2/c1-16-5-6-20(13-17(16)2)27-35(32,33)22-10-7-19(8-11-22)26-24(29)15-28(34(4,30)31)21-9-12-23(25)18(3)14-21/h5-14,27H,15H2,1-4H3,(H,26,29). The summed E-state index contributed by atoms with van der Waals surface area (Å²) in [5, 5.41) is 2.61. The van der Waals surface area contributed by atoms with Crippen molar-refractivity contribution in [1.29, 1.82) is 0 Å². The maximum Gasteiger partial charge on any atom is 0.261 e. The molecule has 3 rings (SSSR count). The number of nitrogens with one attached hydrogen (secondary N) is 2. The molecule has 0 fully saturated rings. The summed E-state index contributed by atoms with van der Waals surface area (Å²) < 4.78 is 54.5. The zero-order valence-corrected chi connectivity index (χ0v) is 22.9. The molecule has 0 aliphatic carbocycles. The van der Waals surface area contributed by atoms with Crippen LogP contribution in [0.1, 0.15) is 16.7 Å². The third-order valence-corrected chi connectivity index (χ3v) is 8.75. The van der Waals surface area contributed by atoms with Crippen molar-refractivity contribution < 1.29 is 21.6 Å². The van der Waals surface area contributed by atoms with Crippen LogP contribution in [-0.4, -0.2) is 35.5 Å². The van der Waals surface area contributed by atoms with Crippen LogP contribution in [0.2, 0.25) is 0 Å². The second kappa shape index (κ2) is 10.4. The maximum atomic E-state index is 12.7. The number of halogens is 1. The van der Waals surface area contributed by atoms with Crippen molar-refractivity contribution in [3.8, 4) is 0 Å². The highest BCUT2D eigenvalue weighted by molar-refractivity contribution is 9.10. The summed E-state index contributed by atoms with van der Waals surface area (Å²) in [7, 11) is -7.55. The lowest BCUT2D eigenvalue weighted by molar-refractivity contribution is -0.114. The molecule has 0 spiro atoms. The van der Waals surface area contributed by atoms with Gasteiger partial charge in [-0.2, -0.15) is 0 Å². The number of anilines is 3. The number of nitrogens with zero attached hydrogens (tertiary/aromatic N) is 1. The van der Waals surface area contributed by atoms with Gasteiger partial charge in [0.05, 0.1) is 16.8 Å². The lowest BCUT2D eigenvalue weighted by Gasteiger charge is -2.22. The Labute approximate surface area is 214 Å². The van der Waals surface area contributed by atoms with Gasteiger partial charge in [-0.1, -0.05) is 22.0 Å². The summed E-state index contributed by atoms with van der Waals surface area (Å²) in [6, 6.07) is 15.9. The number of carbonyl (C=O) groups excluding carboxylic acids is 1. The molecule has 0 atom stereocenters. The van der Waals surface area contributed by atoms with Gasteiger partial charge in [0.15, 0.2) is 0 Å². The molecule has 0 saturated heterocycles. The van der Waals surface area contributed by atoms with Crippen molar-refractivity contribution in [1.82, 2.24) is 0 Å². The van der Waals surface area contributed by atoms with Crippen molar-refractivity contribution in [2.45, 2.75) is 25.7 Å². The van der Waals surface area contributed by atoms with Gasteiger partial charge in [0.25, 0.3) is 10.0 Å². The quantitative estimate of drug-likeness (QED) is 0.405. The number of carbonyl (C=O) groups is 1. The van der Waals surface area contributed by atoms with Crippen molar-refractivity contribution >= 4 is 58.9 Å². The highest BCUT2D eigenvalue weighted by Crippen LogP contribution is 2.25. The topological polar surface area (TPSA) is 113 Å². The fourth-order valence-corrected chi connectivity index (χ4v) is 5.40. The monoisotopic (exact) mass is 579 g/mol. The molecule has 0 aromatic heterocycles. The Morgan fingerprint density at radius 1 is 0.829 bits per heavy atom. The Morgan fingerprint density at radius 3 is 2.03 bits per heavy atom. The van der Waals surface area contributed by atoms with E-state index in [1.54, 1.807) is 30.3 Å². The molecule has 3 aromatic rings. The first-order valence-electron chi connectivity index (χ1n) is 10.5. The third-order valence-electron chi connectivity index (χ3n) is 5.32. The molecule has 0 aliphatic heterocycles. The number of amides is 1. The summed E-state index contributed by atoms with van der Waals surface area (Å²) in [6.45, 7) is 5.22. The molecule has 0 radical (unpaired) electrons. The molecule has 0 heterocycles. The van der Waals surface area contributed by atoms with Gasteiger partial charge in [-0.05, 0) is 92.1 Å². The molecule has 1 amide bonds. The molecule has 0 bridgehead atoms. The minimum absolute atomic E-state index is 0.0248. The van der Waals surface area contributed by atoms with Gasteiger partial charge in [-0.15, -0.1) is 0 Å². The predicted octanol–water partition coefficient (Wildman–Crippen LogP) is 4.58. The SMILES string of the molecule is Cc1ccc(NS(=O)(=O)c2ccc(NC(=O)CN(c3ccc(Br)c(C)c3)S(C)(=O)=O)cc2)cc1C. The number of sulfonamides is 2. The Kier molecular flexibility index (Phi) is 7.93. The van der Waals surface area contributed by atoms with Crippen LogP contribution in [-0.2, 0) is 24.8 Å². The van der Waals surface area contributed by atoms with E-state index in [-0.39, 0.29) is 4.90 Å². The normalized spacial score (nSPS) is 11.7. The van der Waals surface area contributed by atoms with E-state index >= 15 is 0 Å². The Morgan fingerprint density at radius 2 is 1.46 bits per heavy atom. The lowest BCUT2D eigenvalue weighted by atomic mass is 10.1. The van der Waals surface area contributed by atoms with Gasteiger partial charge < -0.3 is 5.32 Å². The first-order chi connectivity index (χ1) is 16.3. The Hall–Kier alpha value is -2.89. The first kappa shape index (κ1) is 26.7. The highest BCUT2D eigenvalue weighted by Gasteiger charge is 2.22. The van der Waals surface area contributed by atoms with Crippen molar-refractivity contribution in [2.24, 2.45) is 0 Å². The zero-order valence-electron chi connectivity index (χ0n) is 19.7. The molecule has 35 heavy (non-hydrogen) atoms. The van der Waals surface area contributed by atoms with Crippen LogP contribution < -0.4 is 14.3 Å². The second-order valence-electron chi connectivity index (χ2n) is 8.18. The van der Waals surface area contributed by atoms with Crippen LogP contribution in [0.5, 0.6) is 0 Å². The molecule has 0 saturated carbocycles. The van der Waals surface area contributed by atoms with Crippen molar-refractivity contribution in [3.05, 3.63) is 81.8 Å². The van der Waals surface area contributed by atoms with E-state index < -0.39 is 32.5 Å². The van der Waals surface area contributed by atoms with Gasteiger partial charge in [0.1, 0.15) is 6.54 Å². The van der Waals surface area contributed by atoms with Crippen molar-refractivity contribution in [2.75, 3.05) is 27.1 Å². The van der Waals surface area contributed by atoms with Crippen molar-refractivity contribution in [3.63, 3.8) is 0 Å². The van der Waals surface area contributed by atoms with E-state index in [0.717, 1.165) is 31.7 Å². The molecule has 0 aliphatic rings. The largest absolute Gasteiger partial charge is 0.325 e. The van der Waals surface area contributed by atoms with Crippen LogP contribution in [0.15, 0.2) is 70.0 Å². The number of rotatable bonds is 8. The van der Waals surface area contributed by atoms with Gasteiger partial charge in [-0.25, -0.2) is 16.8 Å². The third kappa shape index (κ3) is 6.83. The van der Waals surface area contributed by atoms with Gasteiger partial charge in [-0.3, -0.25) is 13.8 Å². The first-order valence-corrected chi connectivity index (χ1v) is 14.6. The summed E-state index contributed by atoms with van der Waals surface area (Å²) in [5.74, 6) is -0.570. The van der Waals surface area contributed by atoms with Gasteiger partial charge in [0, 0.05) is 15.8 Å². The maximum absolute atomic E-state index is 12.7. The van der Waals surface area contributed by atoms with Crippen LogP contribution in [0, 0.1) is 20.8 Å². The zero-order chi connectivity index (χ0) is 26.0. The van der Waals surface area contributed by atoms with Crippen LogP contribution in [0.3, 0.4) is 0 Å². The predicted molar refractivity (Wildman–Crippen MR) is 143 cm³/mol. The van der Waals surface area contributed by atoms with E-state index in [1.165, 1.54) is 24.3 Å². The second-order valence-corrected chi connectivity index (χ2v) is 12.6. The lowest BCUT2D eigenvalue weighted by Crippen LogP contribution is -2.37. The fourth-order valence-electron chi connectivity index (χ4n) is 3.25. The molecule has 186 valence electrons. The van der Waals surface area contributed by atoms with Gasteiger partial charge in [0.2, 0.25) is 15.9 Å². The smallest absolute Gasteiger partial charge is 0.261 e. The van der Waals surface area contributed by atoms with Crippen LogP contribution >= 0.6 is 15.9 Å². The van der Waals surface area contributed by atoms with E-state index in [4.69, 9.17) is 0 Å². The number of hydrogen-bond donors (Lipinski definition) is 2. The summed E-state index contributed by atoms with van der Waals surface area (Å²) in [4.78, 5) is 12.6. The van der Waals surface area contributed by atoms with E-state index in [9.17, 15) is 21.6 Å². The fraction of sp³-hybridized carbons (Fsp3) is 0.208. The van der Waals surface area contributed by atoms with E-state index in [2.05, 4.69) is 26.0 Å². The summed E-state index contributed by atoms with van der Waals surface area (Å²) in [6.07, 6.45) is 1.03. The average molecular weight is 581 g/mol. The number of hydrogen-bond acceptors (Lipinski definition) is 5. The van der Waals surface area contributed by atoms with E-state index in [1.807, 2.05) is 26.8 Å². The van der Waals surface area contributed by atoms with Crippen LogP contribution in [0.25, 0.3) is 0 Å². The minimum Gasteiger partial charge on any atom is -0.325 e. The number of aryl methyl sites for hydroxylation is 3. The molecule has 11 heteroatoms. The molecule has 0 unspecified atom stereocenters. The summed E-state index contributed by atoms with van der Waals surface area (Å²) in [5.41, 5.74) is 3.99. The summed E-state index contributed by atoms with van der Waals surface area (Å²) >= 11 is 3.37. The van der Waals surface area contributed by atoms with Gasteiger partial charge >= 0.3 is 0 Å².